The molecule has 0 unspecified atom stereocenters. The molecule has 2 aliphatic heterocycles. The molecule has 1 atom stereocenters. The molecule has 0 amide bonds. The number of thiophene rings is 1. The van der Waals surface area contributed by atoms with Gasteiger partial charge < -0.3 is 10.1 Å². The van der Waals surface area contributed by atoms with E-state index in [-0.39, 0.29) is 11.7 Å². The van der Waals surface area contributed by atoms with Gasteiger partial charge in [-0.15, -0.1) is 11.3 Å². The molecule has 3 nitrogen and oxygen atoms in total. The molecule has 3 aromatic rings. The maximum atomic E-state index is 6.85. The van der Waals surface area contributed by atoms with Gasteiger partial charge in [-0.1, -0.05) is 60.7 Å². The second kappa shape index (κ2) is 9.03. The molecule has 1 N–H and O–H groups in total. The van der Waals surface area contributed by atoms with Gasteiger partial charge >= 0.3 is 0 Å². The normalized spacial score (nSPS) is 20.9. The SMILES string of the molecule is c1ccc(CNC[C@H]2Cc3sccc3C3(CCN(Cc4ccccc4)CC3)O2)cc1. The molecule has 0 saturated carbocycles. The number of likely N-dealkylation sites (tertiary alicyclic amines) is 1. The summed E-state index contributed by atoms with van der Waals surface area (Å²) in [6, 6.07) is 23.8. The van der Waals surface area contributed by atoms with Crippen LogP contribution in [-0.4, -0.2) is 30.6 Å². The van der Waals surface area contributed by atoms with Gasteiger partial charge in [0.15, 0.2) is 0 Å². The number of ether oxygens (including phenoxy) is 1. The van der Waals surface area contributed by atoms with Crippen molar-refractivity contribution in [3.63, 3.8) is 0 Å². The topological polar surface area (TPSA) is 24.5 Å². The zero-order valence-corrected chi connectivity index (χ0v) is 18.2. The predicted octanol–water partition coefficient (Wildman–Crippen LogP) is 4.97. The molecule has 2 aromatic carbocycles. The zero-order valence-electron chi connectivity index (χ0n) is 17.4. The number of nitrogens with zero attached hydrogens (tertiary/aromatic N) is 1. The van der Waals surface area contributed by atoms with Crippen molar-refractivity contribution in [2.24, 2.45) is 0 Å². The summed E-state index contributed by atoms with van der Waals surface area (Å²) >= 11 is 1.91. The third-order valence-corrected chi connectivity index (χ3v) is 7.44. The zero-order chi connectivity index (χ0) is 20.2. The quantitative estimate of drug-likeness (QED) is 0.612. The molecular weight excluding hydrogens is 388 g/mol. The molecule has 0 aliphatic carbocycles. The van der Waals surface area contributed by atoms with Gasteiger partial charge in [0.2, 0.25) is 0 Å². The summed E-state index contributed by atoms with van der Waals surface area (Å²) in [7, 11) is 0. The van der Waals surface area contributed by atoms with Crippen molar-refractivity contribution in [1.82, 2.24) is 10.2 Å². The van der Waals surface area contributed by atoms with Gasteiger partial charge in [-0.2, -0.15) is 0 Å². The van der Waals surface area contributed by atoms with Crippen molar-refractivity contribution >= 4 is 11.3 Å². The number of benzene rings is 2. The minimum atomic E-state index is -0.0974. The molecule has 1 aromatic heterocycles. The Hall–Kier alpha value is -1.98. The van der Waals surface area contributed by atoms with Crippen LogP contribution in [0.1, 0.15) is 34.4 Å². The second-order valence-electron chi connectivity index (χ2n) is 8.57. The van der Waals surface area contributed by atoms with Crippen molar-refractivity contribution < 1.29 is 4.74 Å². The Morgan fingerprint density at radius 2 is 1.63 bits per heavy atom. The van der Waals surface area contributed by atoms with Crippen LogP contribution in [0.5, 0.6) is 0 Å². The van der Waals surface area contributed by atoms with E-state index >= 15 is 0 Å². The highest BCUT2D eigenvalue weighted by atomic mass is 32.1. The maximum Gasteiger partial charge on any atom is 0.0970 e. The van der Waals surface area contributed by atoms with Gasteiger partial charge in [0.1, 0.15) is 0 Å². The number of fused-ring (bicyclic) bond motifs is 2. The summed E-state index contributed by atoms with van der Waals surface area (Å²) in [5.74, 6) is 0. The molecule has 1 fully saturated rings. The Kier molecular flexibility index (Phi) is 6.00. The smallest absolute Gasteiger partial charge is 0.0970 e. The summed E-state index contributed by atoms with van der Waals surface area (Å²) in [5, 5.41) is 5.88. The minimum Gasteiger partial charge on any atom is -0.365 e. The average Bonchev–Trinajstić information content (AvgIpc) is 3.27. The predicted molar refractivity (Wildman–Crippen MR) is 124 cm³/mol. The second-order valence-corrected chi connectivity index (χ2v) is 9.57. The van der Waals surface area contributed by atoms with Gasteiger partial charge in [-0.25, -0.2) is 0 Å². The highest BCUT2D eigenvalue weighted by Crippen LogP contribution is 2.45. The summed E-state index contributed by atoms with van der Waals surface area (Å²) in [4.78, 5) is 4.11. The van der Waals surface area contributed by atoms with Crippen LogP contribution in [0.3, 0.4) is 0 Å². The summed E-state index contributed by atoms with van der Waals surface area (Å²) in [6.07, 6.45) is 3.45. The van der Waals surface area contributed by atoms with Crippen LogP contribution < -0.4 is 5.32 Å². The summed E-state index contributed by atoms with van der Waals surface area (Å²) in [6.45, 7) is 5.02. The first-order chi connectivity index (χ1) is 14.8. The van der Waals surface area contributed by atoms with E-state index in [4.69, 9.17) is 4.74 Å². The van der Waals surface area contributed by atoms with Gasteiger partial charge in [0.25, 0.3) is 0 Å². The molecule has 156 valence electrons. The van der Waals surface area contributed by atoms with Crippen LogP contribution in [0, 0.1) is 0 Å². The lowest BCUT2D eigenvalue weighted by atomic mass is 9.81. The number of hydrogen-bond acceptors (Lipinski definition) is 4. The van der Waals surface area contributed by atoms with E-state index in [1.54, 1.807) is 0 Å². The molecular formula is C26H30N2OS. The molecule has 2 aliphatic rings. The van der Waals surface area contributed by atoms with Crippen LogP contribution in [0.25, 0.3) is 0 Å². The van der Waals surface area contributed by atoms with E-state index in [1.807, 2.05) is 11.3 Å². The Balaban J connectivity index is 1.22. The van der Waals surface area contributed by atoms with Crippen molar-refractivity contribution in [3.8, 4) is 0 Å². The van der Waals surface area contributed by atoms with E-state index in [2.05, 4.69) is 82.3 Å². The third kappa shape index (κ3) is 4.37. The lowest BCUT2D eigenvalue weighted by Gasteiger charge is -2.46. The van der Waals surface area contributed by atoms with E-state index < -0.39 is 0 Å². The largest absolute Gasteiger partial charge is 0.365 e. The fourth-order valence-electron chi connectivity index (χ4n) is 4.92. The van der Waals surface area contributed by atoms with E-state index in [0.29, 0.717) is 0 Å². The lowest BCUT2D eigenvalue weighted by molar-refractivity contribution is -0.138. The van der Waals surface area contributed by atoms with Crippen molar-refractivity contribution in [2.75, 3.05) is 19.6 Å². The highest BCUT2D eigenvalue weighted by Gasteiger charge is 2.44. The van der Waals surface area contributed by atoms with Crippen LogP contribution in [0.4, 0.5) is 0 Å². The molecule has 1 saturated heterocycles. The number of nitrogens with one attached hydrogen (secondary N) is 1. The number of rotatable bonds is 6. The summed E-state index contributed by atoms with van der Waals surface area (Å²) < 4.78 is 6.85. The number of hydrogen-bond donors (Lipinski definition) is 1. The highest BCUT2D eigenvalue weighted by molar-refractivity contribution is 7.10. The lowest BCUT2D eigenvalue weighted by Crippen LogP contribution is -2.50. The molecule has 1 spiro atoms. The Morgan fingerprint density at radius 1 is 0.933 bits per heavy atom. The number of piperidine rings is 1. The Morgan fingerprint density at radius 3 is 2.37 bits per heavy atom. The minimum absolute atomic E-state index is 0.0974. The van der Waals surface area contributed by atoms with Crippen LogP contribution >= 0.6 is 11.3 Å². The summed E-state index contributed by atoms with van der Waals surface area (Å²) in [5.41, 5.74) is 4.09. The monoisotopic (exact) mass is 418 g/mol. The average molecular weight is 419 g/mol. The van der Waals surface area contributed by atoms with E-state index in [0.717, 1.165) is 52.0 Å². The molecule has 30 heavy (non-hydrogen) atoms. The van der Waals surface area contributed by atoms with Crippen molar-refractivity contribution in [3.05, 3.63) is 93.7 Å². The Bertz CT molecular complexity index is 932. The molecule has 0 bridgehead atoms. The molecule has 0 radical (unpaired) electrons. The van der Waals surface area contributed by atoms with Gasteiger partial charge in [-0.05, 0) is 41.0 Å². The molecule has 5 rings (SSSR count). The third-order valence-electron chi connectivity index (χ3n) is 6.50. The molecule has 3 heterocycles. The maximum absolute atomic E-state index is 6.85. The van der Waals surface area contributed by atoms with Crippen molar-refractivity contribution in [1.29, 1.82) is 0 Å². The molecule has 4 heteroatoms. The fourth-order valence-corrected chi connectivity index (χ4v) is 5.96. The van der Waals surface area contributed by atoms with Crippen LogP contribution in [0.15, 0.2) is 72.1 Å². The van der Waals surface area contributed by atoms with Crippen LogP contribution in [0.2, 0.25) is 0 Å². The first kappa shape index (κ1) is 20.0. The Labute approximate surface area is 183 Å². The van der Waals surface area contributed by atoms with Gasteiger partial charge in [-0.3, -0.25) is 4.90 Å². The van der Waals surface area contributed by atoms with E-state index in [9.17, 15) is 0 Å². The van der Waals surface area contributed by atoms with Gasteiger partial charge in [0, 0.05) is 44.0 Å². The fraction of sp³-hybridized carbons (Fsp3) is 0.385. The first-order valence-electron chi connectivity index (χ1n) is 11.1. The van der Waals surface area contributed by atoms with Gasteiger partial charge in [0.05, 0.1) is 11.7 Å². The standard InChI is InChI=1S/C26H30N2OS/c1-3-7-21(8-4-1)18-27-19-23-17-25-24(11-16-30-25)26(29-23)12-14-28(15-13-26)20-22-9-5-2-6-10-22/h1-11,16,23,27H,12-15,17-20H2/t23-/m1/s1. The first-order valence-corrected chi connectivity index (χ1v) is 11.9. The van der Waals surface area contributed by atoms with Crippen LogP contribution in [-0.2, 0) is 29.8 Å². The van der Waals surface area contributed by atoms with Crippen molar-refractivity contribution in [2.45, 2.75) is 44.1 Å². The van der Waals surface area contributed by atoms with E-state index in [1.165, 1.54) is 21.6 Å².